The van der Waals surface area contributed by atoms with Crippen LogP contribution in [0.2, 0.25) is 0 Å². The zero-order chi connectivity index (χ0) is 10.6. The van der Waals surface area contributed by atoms with Crippen LogP contribution in [0.25, 0.3) is 0 Å². The molecule has 6 heteroatoms. The molecule has 0 fully saturated rings. The molecule has 0 spiro atoms. The standard InChI is InChI=1S/C8H12N4O2/c1-2-7(9)11-8-4-3-6(5-10-8)12(13)14/h3-5,7H,2,9H2,1H3,(H,10,11). The maximum absolute atomic E-state index is 10.3. The lowest BCUT2D eigenvalue weighted by molar-refractivity contribution is -0.385. The molecule has 0 amide bonds. The smallest absolute Gasteiger partial charge is 0.287 e. The third-order valence-electron chi connectivity index (χ3n) is 1.73. The summed E-state index contributed by atoms with van der Waals surface area (Å²) in [5.41, 5.74) is 5.59. The third-order valence-corrected chi connectivity index (χ3v) is 1.73. The van der Waals surface area contributed by atoms with Crippen LogP contribution >= 0.6 is 0 Å². The van der Waals surface area contributed by atoms with Crippen LogP contribution in [0.4, 0.5) is 11.5 Å². The molecule has 0 radical (unpaired) electrons. The van der Waals surface area contributed by atoms with Crippen molar-refractivity contribution in [3.8, 4) is 0 Å². The number of nitrogens with zero attached hydrogens (tertiary/aromatic N) is 2. The molecule has 1 atom stereocenters. The Kier molecular flexibility index (Phi) is 3.35. The average molecular weight is 196 g/mol. The van der Waals surface area contributed by atoms with E-state index in [9.17, 15) is 10.1 Å². The number of anilines is 1. The summed E-state index contributed by atoms with van der Waals surface area (Å²) in [7, 11) is 0. The molecule has 0 aliphatic heterocycles. The Balaban J connectivity index is 2.68. The van der Waals surface area contributed by atoms with Crippen molar-refractivity contribution in [1.82, 2.24) is 4.98 Å². The Morgan fingerprint density at radius 1 is 1.71 bits per heavy atom. The van der Waals surface area contributed by atoms with Crippen LogP contribution < -0.4 is 11.1 Å². The molecule has 1 unspecified atom stereocenters. The highest BCUT2D eigenvalue weighted by Gasteiger charge is 2.05. The van der Waals surface area contributed by atoms with Crippen molar-refractivity contribution >= 4 is 11.5 Å². The fraction of sp³-hybridized carbons (Fsp3) is 0.375. The molecule has 0 aromatic carbocycles. The summed E-state index contributed by atoms with van der Waals surface area (Å²) in [6.45, 7) is 1.93. The molecule has 76 valence electrons. The van der Waals surface area contributed by atoms with Gasteiger partial charge in [0.25, 0.3) is 5.69 Å². The van der Waals surface area contributed by atoms with Gasteiger partial charge >= 0.3 is 0 Å². The van der Waals surface area contributed by atoms with Gasteiger partial charge in [0, 0.05) is 6.07 Å². The highest BCUT2D eigenvalue weighted by molar-refractivity contribution is 5.40. The fourth-order valence-corrected chi connectivity index (χ4v) is 0.871. The molecule has 0 saturated heterocycles. The quantitative estimate of drug-likeness (QED) is 0.427. The van der Waals surface area contributed by atoms with Crippen molar-refractivity contribution in [2.24, 2.45) is 5.73 Å². The van der Waals surface area contributed by atoms with E-state index in [0.29, 0.717) is 5.82 Å². The minimum atomic E-state index is -0.490. The monoisotopic (exact) mass is 196 g/mol. The second-order valence-electron chi connectivity index (χ2n) is 2.82. The molecule has 0 aliphatic rings. The summed E-state index contributed by atoms with van der Waals surface area (Å²) in [6, 6.07) is 2.92. The van der Waals surface area contributed by atoms with E-state index >= 15 is 0 Å². The molecule has 1 aromatic heterocycles. The second kappa shape index (κ2) is 4.52. The summed E-state index contributed by atoms with van der Waals surface area (Å²) < 4.78 is 0. The number of hydrogen-bond acceptors (Lipinski definition) is 5. The predicted octanol–water partition coefficient (Wildman–Crippen LogP) is 1.10. The van der Waals surface area contributed by atoms with E-state index in [2.05, 4.69) is 10.3 Å². The Bertz CT molecular complexity index is 312. The molecule has 6 nitrogen and oxygen atoms in total. The van der Waals surface area contributed by atoms with Crippen LogP contribution in [0.1, 0.15) is 13.3 Å². The predicted molar refractivity (Wildman–Crippen MR) is 52.8 cm³/mol. The maximum atomic E-state index is 10.3. The first-order valence-corrected chi connectivity index (χ1v) is 4.26. The van der Waals surface area contributed by atoms with Crippen LogP contribution in [0.5, 0.6) is 0 Å². The molecule has 3 N–H and O–H groups in total. The van der Waals surface area contributed by atoms with Gasteiger partial charge < -0.3 is 11.1 Å². The Labute approximate surface area is 81.3 Å². The van der Waals surface area contributed by atoms with Gasteiger partial charge in [-0.05, 0) is 12.5 Å². The van der Waals surface area contributed by atoms with Gasteiger partial charge in [-0.25, -0.2) is 4.98 Å². The van der Waals surface area contributed by atoms with Gasteiger partial charge in [-0.1, -0.05) is 6.92 Å². The van der Waals surface area contributed by atoms with Crippen LogP contribution in [0.15, 0.2) is 18.3 Å². The van der Waals surface area contributed by atoms with Crippen molar-refractivity contribution in [2.75, 3.05) is 5.32 Å². The molecule has 0 aliphatic carbocycles. The van der Waals surface area contributed by atoms with E-state index in [4.69, 9.17) is 5.73 Å². The van der Waals surface area contributed by atoms with Gasteiger partial charge in [0.2, 0.25) is 0 Å². The van der Waals surface area contributed by atoms with Gasteiger partial charge in [-0.2, -0.15) is 0 Å². The highest BCUT2D eigenvalue weighted by atomic mass is 16.6. The molecule has 1 heterocycles. The molecule has 1 rings (SSSR count). The van der Waals surface area contributed by atoms with E-state index in [0.717, 1.165) is 6.42 Å². The van der Waals surface area contributed by atoms with Crippen molar-refractivity contribution in [2.45, 2.75) is 19.5 Å². The van der Waals surface area contributed by atoms with Crippen molar-refractivity contribution in [1.29, 1.82) is 0 Å². The average Bonchev–Trinajstić information content (AvgIpc) is 2.18. The van der Waals surface area contributed by atoms with Crippen LogP contribution in [-0.2, 0) is 0 Å². The van der Waals surface area contributed by atoms with Gasteiger partial charge in [0.1, 0.15) is 12.0 Å². The van der Waals surface area contributed by atoms with Crippen LogP contribution in [0.3, 0.4) is 0 Å². The minimum Gasteiger partial charge on any atom is -0.355 e. The number of pyridine rings is 1. The summed E-state index contributed by atoms with van der Waals surface area (Å²) >= 11 is 0. The topological polar surface area (TPSA) is 94.1 Å². The lowest BCUT2D eigenvalue weighted by Gasteiger charge is -2.10. The van der Waals surface area contributed by atoms with Crippen molar-refractivity contribution < 1.29 is 4.92 Å². The van der Waals surface area contributed by atoms with Gasteiger partial charge in [0.15, 0.2) is 0 Å². The van der Waals surface area contributed by atoms with Crippen molar-refractivity contribution in [3.05, 3.63) is 28.4 Å². The number of nitro groups is 1. The Morgan fingerprint density at radius 3 is 2.86 bits per heavy atom. The summed E-state index contributed by atoms with van der Waals surface area (Å²) in [5, 5.41) is 13.2. The lowest BCUT2D eigenvalue weighted by Crippen LogP contribution is -2.28. The number of rotatable bonds is 4. The maximum Gasteiger partial charge on any atom is 0.287 e. The fourth-order valence-electron chi connectivity index (χ4n) is 0.871. The highest BCUT2D eigenvalue weighted by Crippen LogP contribution is 2.11. The summed E-state index contributed by atoms with van der Waals surface area (Å²) in [4.78, 5) is 13.7. The van der Waals surface area contributed by atoms with E-state index < -0.39 is 4.92 Å². The SMILES string of the molecule is CCC(N)Nc1ccc([N+](=O)[O-])cn1. The number of aromatic nitrogens is 1. The summed E-state index contributed by atoms with van der Waals surface area (Å²) in [6.07, 6.45) is 1.78. The molecule has 0 bridgehead atoms. The van der Waals surface area contributed by atoms with Gasteiger partial charge in [0.05, 0.1) is 11.1 Å². The number of hydrogen-bond donors (Lipinski definition) is 2. The number of nitrogens with one attached hydrogen (secondary N) is 1. The Hall–Kier alpha value is -1.69. The molecular formula is C8H12N4O2. The first-order chi connectivity index (χ1) is 6.63. The van der Waals surface area contributed by atoms with E-state index in [1.54, 1.807) is 0 Å². The largest absolute Gasteiger partial charge is 0.355 e. The second-order valence-corrected chi connectivity index (χ2v) is 2.82. The van der Waals surface area contributed by atoms with Crippen molar-refractivity contribution in [3.63, 3.8) is 0 Å². The third kappa shape index (κ3) is 2.67. The summed E-state index contributed by atoms with van der Waals surface area (Å²) in [5.74, 6) is 0.546. The van der Waals surface area contributed by atoms with E-state index in [1.807, 2.05) is 6.92 Å². The normalized spacial score (nSPS) is 12.1. The molecule has 1 aromatic rings. The zero-order valence-corrected chi connectivity index (χ0v) is 7.80. The minimum absolute atomic E-state index is 0.0272. The number of nitrogens with two attached hydrogens (primary N) is 1. The van der Waals surface area contributed by atoms with Gasteiger partial charge in [-0.15, -0.1) is 0 Å². The zero-order valence-electron chi connectivity index (χ0n) is 7.80. The Morgan fingerprint density at radius 2 is 2.43 bits per heavy atom. The first-order valence-electron chi connectivity index (χ1n) is 4.26. The first kappa shape index (κ1) is 10.4. The van der Waals surface area contributed by atoms with E-state index in [-0.39, 0.29) is 11.9 Å². The van der Waals surface area contributed by atoms with Crippen LogP contribution in [0, 0.1) is 10.1 Å². The molecular weight excluding hydrogens is 184 g/mol. The van der Waals surface area contributed by atoms with Crippen LogP contribution in [-0.4, -0.2) is 16.1 Å². The molecule has 14 heavy (non-hydrogen) atoms. The lowest BCUT2D eigenvalue weighted by atomic mass is 10.3. The van der Waals surface area contributed by atoms with E-state index in [1.165, 1.54) is 18.3 Å². The van der Waals surface area contributed by atoms with Gasteiger partial charge in [-0.3, -0.25) is 10.1 Å². The molecule has 0 saturated carbocycles.